The van der Waals surface area contributed by atoms with E-state index >= 15 is 0 Å². The summed E-state index contributed by atoms with van der Waals surface area (Å²) in [5.41, 5.74) is 1.73. The standard InChI is InChI=1S/C25H29N7O5/c1-4-36-25(34)24(31(2)3)37-14-20(33)18-11-19-23(30-22(18)29-17-7-9-35-10-8-17)32(15-28-19)21-6-5-16(12-26)13-27-21/h5-6,11,13,15,17,24H,4,7-10,14H2,1-3H3,(H,29,30). The van der Waals surface area contributed by atoms with Crippen LogP contribution in [0.3, 0.4) is 0 Å². The molecule has 0 bridgehead atoms. The zero-order chi connectivity index (χ0) is 26.4. The summed E-state index contributed by atoms with van der Waals surface area (Å²) in [7, 11) is 3.34. The number of hydrogen-bond donors (Lipinski definition) is 1. The van der Waals surface area contributed by atoms with Crippen molar-refractivity contribution in [3.8, 4) is 11.9 Å². The van der Waals surface area contributed by atoms with Crippen LogP contribution in [0.4, 0.5) is 5.82 Å². The highest BCUT2D eigenvalue weighted by Gasteiger charge is 2.26. The van der Waals surface area contributed by atoms with Gasteiger partial charge in [-0.25, -0.2) is 19.7 Å². The molecule has 1 atom stereocenters. The Morgan fingerprint density at radius 3 is 2.73 bits per heavy atom. The molecular weight excluding hydrogens is 478 g/mol. The molecular formula is C25H29N7O5. The second-order valence-electron chi connectivity index (χ2n) is 8.69. The predicted octanol–water partition coefficient (Wildman–Crippen LogP) is 1.93. The van der Waals surface area contributed by atoms with Crippen molar-refractivity contribution in [2.75, 3.05) is 45.8 Å². The molecule has 0 spiro atoms. The van der Waals surface area contributed by atoms with Crippen LogP contribution in [0.1, 0.15) is 35.7 Å². The number of hydrogen-bond acceptors (Lipinski definition) is 11. The Balaban J connectivity index is 1.66. The number of esters is 1. The topological polar surface area (TPSA) is 144 Å². The van der Waals surface area contributed by atoms with E-state index in [1.165, 1.54) is 6.20 Å². The van der Waals surface area contributed by atoms with Gasteiger partial charge in [0.1, 0.15) is 36.2 Å². The number of carbonyl (C=O) groups is 2. The Morgan fingerprint density at radius 2 is 2.08 bits per heavy atom. The molecule has 3 aromatic rings. The average Bonchev–Trinajstić information content (AvgIpc) is 3.31. The molecule has 1 aliphatic rings. The van der Waals surface area contributed by atoms with Gasteiger partial charge in [0, 0.05) is 25.5 Å². The molecule has 37 heavy (non-hydrogen) atoms. The van der Waals surface area contributed by atoms with Gasteiger partial charge >= 0.3 is 5.97 Å². The first-order valence-corrected chi connectivity index (χ1v) is 12.0. The van der Waals surface area contributed by atoms with E-state index < -0.39 is 12.2 Å². The van der Waals surface area contributed by atoms with Crippen molar-refractivity contribution >= 4 is 28.7 Å². The number of carbonyl (C=O) groups excluding carboxylic acids is 2. The van der Waals surface area contributed by atoms with Crippen molar-refractivity contribution in [1.82, 2.24) is 24.4 Å². The Morgan fingerprint density at radius 1 is 1.30 bits per heavy atom. The van der Waals surface area contributed by atoms with Crippen LogP contribution in [0.25, 0.3) is 17.0 Å². The van der Waals surface area contributed by atoms with Gasteiger partial charge in [-0.05, 0) is 52.1 Å². The van der Waals surface area contributed by atoms with Crippen LogP contribution < -0.4 is 5.32 Å². The molecule has 4 heterocycles. The third-order valence-electron chi connectivity index (χ3n) is 5.84. The van der Waals surface area contributed by atoms with Gasteiger partial charge in [0.05, 0.1) is 17.7 Å². The molecule has 12 nitrogen and oxygen atoms in total. The highest BCUT2D eigenvalue weighted by Crippen LogP contribution is 2.25. The van der Waals surface area contributed by atoms with Crippen LogP contribution in [0.2, 0.25) is 0 Å². The van der Waals surface area contributed by atoms with E-state index in [0.29, 0.717) is 47.1 Å². The summed E-state index contributed by atoms with van der Waals surface area (Å²) in [5, 5.41) is 12.5. The zero-order valence-electron chi connectivity index (χ0n) is 21.0. The summed E-state index contributed by atoms with van der Waals surface area (Å²) in [6.07, 6.45) is 3.56. The summed E-state index contributed by atoms with van der Waals surface area (Å²) in [6, 6.07) is 7.15. The van der Waals surface area contributed by atoms with Crippen molar-refractivity contribution in [2.45, 2.75) is 32.0 Å². The molecule has 12 heteroatoms. The van der Waals surface area contributed by atoms with E-state index in [9.17, 15) is 9.59 Å². The smallest absolute Gasteiger partial charge is 0.350 e. The van der Waals surface area contributed by atoms with Crippen LogP contribution in [0.5, 0.6) is 0 Å². The number of ether oxygens (including phenoxy) is 3. The second-order valence-corrected chi connectivity index (χ2v) is 8.69. The molecule has 1 unspecified atom stereocenters. The molecule has 3 aromatic heterocycles. The first-order chi connectivity index (χ1) is 17.9. The fraction of sp³-hybridized carbons (Fsp3) is 0.440. The number of likely N-dealkylation sites (N-methyl/N-ethyl adjacent to an activating group) is 1. The summed E-state index contributed by atoms with van der Waals surface area (Å²) < 4.78 is 17.9. The lowest BCUT2D eigenvalue weighted by Crippen LogP contribution is -2.40. The third-order valence-corrected chi connectivity index (χ3v) is 5.84. The first kappa shape index (κ1) is 26.2. The molecule has 0 radical (unpaired) electrons. The fourth-order valence-corrected chi connectivity index (χ4v) is 3.93. The lowest BCUT2D eigenvalue weighted by molar-refractivity contribution is -0.166. The number of ketones is 1. The largest absolute Gasteiger partial charge is 0.463 e. The normalized spacial score (nSPS) is 14.9. The number of fused-ring (bicyclic) bond motifs is 1. The van der Waals surface area contributed by atoms with E-state index in [-0.39, 0.29) is 25.0 Å². The predicted molar refractivity (Wildman–Crippen MR) is 133 cm³/mol. The number of aromatic nitrogens is 4. The Labute approximate surface area is 214 Å². The van der Waals surface area contributed by atoms with Crippen molar-refractivity contribution in [3.63, 3.8) is 0 Å². The van der Waals surface area contributed by atoms with Crippen molar-refractivity contribution < 1.29 is 23.8 Å². The minimum atomic E-state index is -1.02. The molecule has 0 amide bonds. The van der Waals surface area contributed by atoms with Gasteiger partial charge in [-0.3, -0.25) is 14.3 Å². The average molecular weight is 508 g/mol. The molecule has 1 saturated heterocycles. The molecule has 1 fully saturated rings. The number of Topliss-reactive ketones (excluding diaryl/α,β-unsaturated/α-hetero) is 1. The molecule has 1 aliphatic heterocycles. The van der Waals surface area contributed by atoms with E-state index in [0.717, 1.165) is 12.8 Å². The van der Waals surface area contributed by atoms with Gasteiger partial charge in [-0.2, -0.15) is 5.26 Å². The maximum Gasteiger partial charge on any atom is 0.350 e. The Hall–Kier alpha value is -3.92. The maximum absolute atomic E-state index is 13.3. The second kappa shape index (κ2) is 11.9. The minimum Gasteiger partial charge on any atom is -0.463 e. The first-order valence-electron chi connectivity index (χ1n) is 12.0. The number of anilines is 1. The lowest BCUT2D eigenvalue weighted by Gasteiger charge is -2.25. The maximum atomic E-state index is 13.3. The fourth-order valence-electron chi connectivity index (χ4n) is 3.93. The SMILES string of the molecule is CCOC(=O)C(OCC(=O)c1cc2ncn(-c3ccc(C#N)cn3)c2nc1NC1CCOCC1)N(C)C. The van der Waals surface area contributed by atoms with Crippen molar-refractivity contribution in [3.05, 3.63) is 41.9 Å². The molecule has 0 aromatic carbocycles. The summed E-state index contributed by atoms with van der Waals surface area (Å²) in [6.45, 7) is 2.79. The number of nitrogens with one attached hydrogen (secondary N) is 1. The van der Waals surface area contributed by atoms with Gasteiger partial charge in [0.2, 0.25) is 6.23 Å². The van der Waals surface area contributed by atoms with Gasteiger partial charge in [-0.1, -0.05) is 0 Å². The number of nitriles is 1. The van der Waals surface area contributed by atoms with Crippen LogP contribution in [0, 0.1) is 11.3 Å². The number of nitrogens with zero attached hydrogens (tertiary/aromatic N) is 6. The zero-order valence-corrected chi connectivity index (χ0v) is 21.0. The lowest BCUT2D eigenvalue weighted by atomic mass is 10.1. The summed E-state index contributed by atoms with van der Waals surface area (Å²) >= 11 is 0. The highest BCUT2D eigenvalue weighted by molar-refractivity contribution is 6.03. The minimum absolute atomic E-state index is 0.0737. The van der Waals surface area contributed by atoms with Crippen molar-refractivity contribution in [2.24, 2.45) is 0 Å². The molecule has 4 rings (SSSR count). The number of rotatable bonds is 10. The van der Waals surface area contributed by atoms with E-state index in [1.54, 1.807) is 55.0 Å². The molecule has 1 N–H and O–H groups in total. The van der Waals surface area contributed by atoms with Gasteiger partial charge in [0.15, 0.2) is 11.4 Å². The van der Waals surface area contributed by atoms with Crippen LogP contribution in [-0.4, -0.2) is 89.0 Å². The summed E-state index contributed by atoms with van der Waals surface area (Å²) in [5.74, 6) is 0.00636. The molecule has 194 valence electrons. The van der Waals surface area contributed by atoms with Gasteiger partial charge < -0.3 is 19.5 Å². The quantitative estimate of drug-likeness (QED) is 0.244. The van der Waals surface area contributed by atoms with E-state index in [2.05, 4.69) is 15.3 Å². The van der Waals surface area contributed by atoms with E-state index in [4.69, 9.17) is 24.5 Å². The van der Waals surface area contributed by atoms with Crippen molar-refractivity contribution in [1.29, 1.82) is 5.26 Å². The number of imidazole rings is 1. The van der Waals surface area contributed by atoms with Crippen LogP contribution in [-0.2, 0) is 19.0 Å². The number of pyridine rings is 2. The van der Waals surface area contributed by atoms with Crippen LogP contribution >= 0.6 is 0 Å². The third kappa shape index (κ3) is 6.08. The summed E-state index contributed by atoms with van der Waals surface area (Å²) in [4.78, 5) is 40.6. The van der Waals surface area contributed by atoms with Gasteiger partial charge in [-0.15, -0.1) is 0 Å². The molecule has 0 saturated carbocycles. The van der Waals surface area contributed by atoms with E-state index in [1.807, 2.05) is 6.07 Å². The molecule has 0 aliphatic carbocycles. The Bertz CT molecular complexity index is 1290. The van der Waals surface area contributed by atoms with Gasteiger partial charge in [0.25, 0.3) is 0 Å². The highest BCUT2D eigenvalue weighted by atomic mass is 16.6. The Kier molecular flexibility index (Phi) is 8.39. The van der Waals surface area contributed by atoms with Crippen LogP contribution in [0.15, 0.2) is 30.7 Å². The monoisotopic (exact) mass is 507 g/mol.